The van der Waals surface area contributed by atoms with E-state index in [9.17, 15) is 0 Å². The van der Waals surface area contributed by atoms with Crippen molar-refractivity contribution in [2.45, 2.75) is 77.6 Å². The highest BCUT2D eigenvalue weighted by atomic mass is 31.0. The van der Waals surface area contributed by atoms with Gasteiger partial charge in [-0.25, -0.2) is 0 Å². The number of rotatable bonds is 17. The molecular formula is C23H39OP. The number of hydrogen-bond donors (Lipinski definition) is 0. The first-order valence-corrected chi connectivity index (χ1v) is 10.5. The number of allylic oxidation sites excluding steroid dienone is 10. The molecule has 1 atom stereocenters. The van der Waals surface area contributed by atoms with Gasteiger partial charge >= 0.3 is 0 Å². The second-order valence-corrected chi connectivity index (χ2v) is 6.47. The molecule has 25 heavy (non-hydrogen) atoms. The third-order valence-corrected chi connectivity index (χ3v) is 4.03. The van der Waals surface area contributed by atoms with E-state index in [0.717, 1.165) is 38.7 Å². The summed E-state index contributed by atoms with van der Waals surface area (Å²) in [5.41, 5.74) is 0. The Morgan fingerprint density at radius 3 is 1.52 bits per heavy atom. The molecule has 0 aromatic rings. The maximum atomic E-state index is 4.97. The first-order valence-electron chi connectivity index (χ1n) is 9.98. The summed E-state index contributed by atoms with van der Waals surface area (Å²) < 4.78 is 4.97. The Labute approximate surface area is 159 Å². The lowest BCUT2D eigenvalue weighted by Gasteiger charge is -1.99. The second-order valence-electron chi connectivity index (χ2n) is 6.14. The van der Waals surface area contributed by atoms with Crippen molar-refractivity contribution in [3.05, 3.63) is 60.8 Å². The van der Waals surface area contributed by atoms with Crippen LogP contribution in [0.2, 0.25) is 0 Å². The van der Waals surface area contributed by atoms with Gasteiger partial charge in [0.1, 0.15) is 0 Å². The normalized spacial score (nSPS) is 12.9. The highest BCUT2D eigenvalue weighted by Crippen LogP contribution is 2.07. The van der Waals surface area contributed by atoms with Gasteiger partial charge in [0, 0.05) is 9.47 Å². The lowest BCUT2D eigenvalue weighted by Crippen LogP contribution is -1.84. The molecule has 0 rings (SSSR count). The lowest BCUT2D eigenvalue weighted by molar-refractivity contribution is 0.353. The van der Waals surface area contributed by atoms with E-state index in [1.54, 1.807) is 0 Å². The summed E-state index contributed by atoms with van der Waals surface area (Å²) in [7, 11) is 2.31. The molecule has 2 heteroatoms. The van der Waals surface area contributed by atoms with Crippen molar-refractivity contribution in [1.29, 1.82) is 0 Å². The van der Waals surface area contributed by atoms with Crippen LogP contribution in [0.1, 0.15) is 77.6 Å². The molecular weight excluding hydrogens is 323 g/mol. The number of hydrogen-bond acceptors (Lipinski definition) is 1. The van der Waals surface area contributed by atoms with E-state index >= 15 is 0 Å². The first kappa shape index (κ1) is 24.1. The van der Waals surface area contributed by atoms with Crippen molar-refractivity contribution in [2.75, 3.05) is 6.61 Å². The van der Waals surface area contributed by atoms with E-state index < -0.39 is 0 Å². The summed E-state index contributed by atoms with van der Waals surface area (Å²) in [4.78, 5) is 0. The maximum absolute atomic E-state index is 4.97. The smallest absolute Gasteiger partial charge is 0.0501 e. The Bertz CT molecular complexity index is 391. The van der Waals surface area contributed by atoms with Crippen LogP contribution in [0.4, 0.5) is 0 Å². The third-order valence-electron chi connectivity index (χ3n) is 3.79. The third kappa shape index (κ3) is 23.1. The van der Waals surface area contributed by atoms with Gasteiger partial charge in [0.15, 0.2) is 0 Å². The number of unbranched alkanes of at least 4 members (excludes halogenated alkanes) is 5. The van der Waals surface area contributed by atoms with Gasteiger partial charge in [0.2, 0.25) is 0 Å². The molecule has 0 fully saturated rings. The molecule has 0 aliphatic heterocycles. The van der Waals surface area contributed by atoms with Gasteiger partial charge < -0.3 is 4.52 Å². The van der Waals surface area contributed by atoms with Crippen LogP contribution in [0.25, 0.3) is 0 Å². The Balaban J connectivity index is 3.36. The molecule has 0 aliphatic rings. The van der Waals surface area contributed by atoms with Gasteiger partial charge in [-0.3, -0.25) is 0 Å². The summed E-state index contributed by atoms with van der Waals surface area (Å²) in [6, 6.07) is 0. The SMILES string of the molecule is CC/C=C\C/C=C\C/C=C\C/C=C\C/C=C\CCCCCCCOP. The van der Waals surface area contributed by atoms with Crippen LogP contribution in [0.5, 0.6) is 0 Å². The molecule has 0 saturated carbocycles. The first-order chi connectivity index (χ1) is 12.4. The molecule has 1 unspecified atom stereocenters. The second kappa shape index (κ2) is 23.1. The van der Waals surface area contributed by atoms with Crippen LogP contribution in [-0.2, 0) is 4.52 Å². The van der Waals surface area contributed by atoms with Crippen molar-refractivity contribution in [1.82, 2.24) is 0 Å². The minimum Gasteiger partial charge on any atom is -0.366 e. The van der Waals surface area contributed by atoms with Gasteiger partial charge in [-0.2, -0.15) is 0 Å². The maximum Gasteiger partial charge on any atom is 0.0501 e. The van der Waals surface area contributed by atoms with E-state index in [2.05, 4.69) is 77.2 Å². The van der Waals surface area contributed by atoms with E-state index in [4.69, 9.17) is 4.52 Å². The summed E-state index contributed by atoms with van der Waals surface area (Å²) in [5, 5.41) is 0. The average Bonchev–Trinajstić information content (AvgIpc) is 2.63. The molecule has 0 spiro atoms. The quantitative estimate of drug-likeness (QED) is 0.145. The van der Waals surface area contributed by atoms with Crippen molar-refractivity contribution < 1.29 is 4.52 Å². The molecule has 1 nitrogen and oxygen atoms in total. The molecule has 0 saturated heterocycles. The Morgan fingerprint density at radius 1 is 0.560 bits per heavy atom. The fraction of sp³-hybridized carbons (Fsp3) is 0.565. The van der Waals surface area contributed by atoms with E-state index in [0.29, 0.717) is 0 Å². The standard InChI is InChI=1S/C23H39OP/c1-2-3-4-5-6-7-8-9-10-11-12-13-14-15-16-17-18-19-20-21-22-23-24-25/h3-4,6-7,9-10,12-13,15-16H,2,5,8,11,14,17-23,25H2,1H3/b4-3-,7-6-,10-9-,13-12-,16-15-. The predicted octanol–water partition coefficient (Wildman–Crippen LogP) is 7.89. The summed E-state index contributed by atoms with van der Waals surface area (Å²) in [6.07, 6.45) is 35.5. The molecule has 0 amide bonds. The van der Waals surface area contributed by atoms with Crippen LogP contribution >= 0.6 is 9.47 Å². The van der Waals surface area contributed by atoms with Crippen LogP contribution in [0.3, 0.4) is 0 Å². The molecule has 0 heterocycles. The van der Waals surface area contributed by atoms with Gasteiger partial charge in [0.25, 0.3) is 0 Å². The fourth-order valence-electron chi connectivity index (χ4n) is 2.35. The van der Waals surface area contributed by atoms with Crippen LogP contribution < -0.4 is 0 Å². The average molecular weight is 363 g/mol. The largest absolute Gasteiger partial charge is 0.366 e. The van der Waals surface area contributed by atoms with Crippen molar-refractivity contribution in [2.24, 2.45) is 0 Å². The fourth-order valence-corrected chi connectivity index (χ4v) is 2.51. The Kier molecular flexibility index (Phi) is 22.2. The van der Waals surface area contributed by atoms with Crippen molar-refractivity contribution >= 4 is 9.47 Å². The molecule has 142 valence electrons. The van der Waals surface area contributed by atoms with Gasteiger partial charge in [-0.1, -0.05) is 86.9 Å². The summed E-state index contributed by atoms with van der Waals surface area (Å²) >= 11 is 0. The van der Waals surface area contributed by atoms with Gasteiger partial charge in [0.05, 0.1) is 6.61 Å². The topological polar surface area (TPSA) is 9.23 Å². The molecule has 0 bridgehead atoms. The molecule has 0 aromatic carbocycles. The summed E-state index contributed by atoms with van der Waals surface area (Å²) in [5.74, 6) is 0. The minimum absolute atomic E-state index is 0.874. The van der Waals surface area contributed by atoms with Crippen molar-refractivity contribution in [3.8, 4) is 0 Å². The predicted molar refractivity (Wildman–Crippen MR) is 118 cm³/mol. The van der Waals surface area contributed by atoms with E-state index in [1.165, 1.54) is 38.5 Å². The molecule has 0 aliphatic carbocycles. The van der Waals surface area contributed by atoms with Crippen LogP contribution in [0.15, 0.2) is 60.8 Å². The zero-order chi connectivity index (χ0) is 18.3. The Hall–Kier alpha value is -0.910. The monoisotopic (exact) mass is 362 g/mol. The van der Waals surface area contributed by atoms with E-state index in [1.807, 2.05) is 0 Å². The minimum atomic E-state index is 0.874. The zero-order valence-electron chi connectivity index (χ0n) is 16.2. The molecule has 0 N–H and O–H groups in total. The van der Waals surface area contributed by atoms with Crippen LogP contribution in [-0.4, -0.2) is 6.61 Å². The lowest BCUT2D eigenvalue weighted by atomic mass is 10.1. The highest BCUT2D eigenvalue weighted by Gasteiger charge is 1.89. The molecule has 0 radical (unpaired) electrons. The van der Waals surface area contributed by atoms with Crippen molar-refractivity contribution in [3.63, 3.8) is 0 Å². The Morgan fingerprint density at radius 2 is 1.00 bits per heavy atom. The van der Waals surface area contributed by atoms with Gasteiger partial charge in [-0.15, -0.1) is 0 Å². The van der Waals surface area contributed by atoms with Crippen LogP contribution in [0, 0.1) is 0 Å². The summed E-state index contributed by atoms with van der Waals surface area (Å²) in [6.45, 7) is 3.04. The highest BCUT2D eigenvalue weighted by molar-refractivity contribution is 7.09. The van der Waals surface area contributed by atoms with E-state index in [-0.39, 0.29) is 0 Å². The molecule has 0 aromatic heterocycles. The zero-order valence-corrected chi connectivity index (χ0v) is 17.4. The van der Waals surface area contributed by atoms with Gasteiger partial charge in [-0.05, 0) is 51.4 Å².